The lowest BCUT2D eigenvalue weighted by Gasteiger charge is -2.28. The third-order valence-corrected chi connectivity index (χ3v) is 3.42. The second-order valence-corrected chi connectivity index (χ2v) is 4.94. The maximum absolute atomic E-state index is 12.3. The van der Waals surface area contributed by atoms with Crippen LogP contribution < -0.4 is 5.32 Å². The molecule has 1 aromatic carbocycles. The zero-order chi connectivity index (χ0) is 16.7. The first-order valence-corrected chi connectivity index (χ1v) is 7.27. The largest absolute Gasteiger partial charge is 0.335 e. The highest BCUT2D eigenvalue weighted by Gasteiger charge is 2.20. The monoisotopic (exact) mass is 312 g/mol. The van der Waals surface area contributed by atoms with Crippen molar-refractivity contribution in [1.82, 2.24) is 30.4 Å². The Morgan fingerprint density at radius 1 is 1.43 bits per heavy atom. The van der Waals surface area contributed by atoms with Gasteiger partial charge in [-0.25, -0.2) is 9.48 Å². The molecule has 1 N–H and O–H groups in total. The van der Waals surface area contributed by atoms with E-state index in [1.807, 2.05) is 31.2 Å². The van der Waals surface area contributed by atoms with Crippen molar-refractivity contribution in [3.63, 3.8) is 0 Å². The standard InChI is InChI=1S/C16H20N6O/c1-4-9-17-16(23)21(10-5-2)13(3)14-7-6-8-15(11-14)22-12-18-19-20-22/h4-8,11-13H,1-2,9-10H2,3H3,(H,17,23)/t13-/m1/s1. The molecule has 0 aliphatic heterocycles. The molecule has 1 atom stereocenters. The number of amides is 2. The second kappa shape index (κ2) is 7.88. The predicted octanol–water partition coefficient (Wildman–Crippen LogP) is 2.11. The number of hydrogen-bond acceptors (Lipinski definition) is 4. The average molecular weight is 312 g/mol. The Kier molecular flexibility index (Phi) is 5.62. The van der Waals surface area contributed by atoms with E-state index >= 15 is 0 Å². The van der Waals surface area contributed by atoms with Crippen molar-refractivity contribution in [3.8, 4) is 5.69 Å². The molecule has 0 aliphatic rings. The minimum atomic E-state index is -0.162. The van der Waals surface area contributed by atoms with E-state index in [0.29, 0.717) is 13.1 Å². The topological polar surface area (TPSA) is 75.9 Å². The van der Waals surface area contributed by atoms with Crippen molar-refractivity contribution in [1.29, 1.82) is 0 Å². The van der Waals surface area contributed by atoms with Crippen molar-refractivity contribution in [2.75, 3.05) is 13.1 Å². The summed E-state index contributed by atoms with van der Waals surface area (Å²) in [6.45, 7) is 10.2. The third-order valence-electron chi connectivity index (χ3n) is 3.42. The van der Waals surface area contributed by atoms with Crippen molar-refractivity contribution in [3.05, 3.63) is 61.5 Å². The van der Waals surface area contributed by atoms with Gasteiger partial charge in [-0.15, -0.1) is 18.3 Å². The molecule has 7 nitrogen and oxygen atoms in total. The second-order valence-electron chi connectivity index (χ2n) is 4.94. The van der Waals surface area contributed by atoms with Crippen LogP contribution in [0.3, 0.4) is 0 Å². The lowest BCUT2D eigenvalue weighted by Crippen LogP contribution is -2.41. The van der Waals surface area contributed by atoms with Crippen molar-refractivity contribution in [2.45, 2.75) is 13.0 Å². The van der Waals surface area contributed by atoms with Crippen LogP contribution >= 0.6 is 0 Å². The molecule has 0 unspecified atom stereocenters. The van der Waals surface area contributed by atoms with Gasteiger partial charge in [0.1, 0.15) is 6.33 Å². The Balaban J connectivity index is 2.23. The highest BCUT2D eigenvalue weighted by atomic mass is 16.2. The first-order chi connectivity index (χ1) is 11.2. The van der Waals surface area contributed by atoms with Gasteiger partial charge in [0, 0.05) is 13.1 Å². The molecule has 0 bridgehead atoms. The van der Waals surface area contributed by atoms with Crippen LogP contribution in [-0.2, 0) is 0 Å². The number of carbonyl (C=O) groups excluding carboxylic acids is 1. The number of tetrazole rings is 1. The quantitative estimate of drug-likeness (QED) is 0.794. The Hall–Kier alpha value is -2.96. The SMILES string of the molecule is C=CCNC(=O)N(CC=C)[C@H](C)c1cccc(-n2cnnn2)c1. The Morgan fingerprint density at radius 2 is 2.26 bits per heavy atom. The van der Waals surface area contributed by atoms with Gasteiger partial charge in [-0.3, -0.25) is 0 Å². The van der Waals surface area contributed by atoms with Crippen LogP contribution in [0.15, 0.2) is 55.9 Å². The highest BCUT2D eigenvalue weighted by Crippen LogP contribution is 2.22. The first kappa shape index (κ1) is 16.4. The summed E-state index contributed by atoms with van der Waals surface area (Å²) in [6.07, 6.45) is 4.88. The van der Waals surface area contributed by atoms with Gasteiger partial charge in [0.2, 0.25) is 0 Å². The molecule has 0 fully saturated rings. The van der Waals surface area contributed by atoms with Crippen molar-refractivity contribution < 1.29 is 4.79 Å². The summed E-state index contributed by atoms with van der Waals surface area (Å²) in [5.74, 6) is 0. The summed E-state index contributed by atoms with van der Waals surface area (Å²) in [5.41, 5.74) is 1.82. The molecular weight excluding hydrogens is 292 g/mol. The van der Waals surface area contributed by atoms with Gasteiger partial charge in [-0.1, -0.05) is 24.3 Å². The van der Waals surface area contributed by atoms with Gasteiger partial charge in [0.05, 0.1) is 11.7 Å². The smallest absolute Gasteiger partial charge is 0.318 e. The number of hydrogen-bond donors (Lipinski definition) is 1. The highest BCUT2D eigenvalue weighted by molar-refractivity contribution is 5.75. The molecule has 0 radical (unpaired) electrons. The summed E-state index contributed by atoms with van der Waals surface area (Å²) in [4.78, 5) is 14.0. The molecule has 2 amide bonds. The lowest BCUT2D eigenvalue weighted by atomic mass is 10.1. The fourth-order valence-electron chi connectivity index (χ4n) is 2.20. The average Bonchev–Trinajstić information content (AvgIpc) is 3.11. The van der Waals surface area contributed by atoms with Crippen molar-refractivity contribution in [2.24, 2.45) is 0 Å². The van der Waals surface area contributed by atoms with Crippen LogP contribution in [0.1, 0.15) is 18.5 Å². The maximum atomic E-state index is 12.3. The minimum absolute atomic E-state index is 0.130. The van der Waals surface area contributed by atoms with Crippen LogP contribution in [-0.4, -0.2) is 44.2 Å². The van der Waals surface area contributed by atoms with Crippen LogP contribution in [0.2, 0.25) is 0 Å². The summed E-state index contributed by atoms with van der Waals surface area (Å²) in [7, 11) is 0. The molecule has 1 aromatic heterocycles. The molecule has 23 heavy (non-hydrogen) atoms. The van der Waals surface area contributed by atoms with Gasteiger partial charge in [0.25, 0.3) is 0 Å². The Labute approximate surface area is 135 Å². The zero-order valence-electron chi connectivity index (χ0n) is 13.1. The number of carbonyl (C=O) groups is 1. The fourth-order valence-corrected chi connectivity index (χ4v) is 2.20. The van der Waals surface area contributed by atoms with Gasteiger partial charge in [-0.05, 0) is 35.0 Å². The van der Waals surface area contributed by atoms with Crippen LogP contribution in [0.4, 0.5) is 4.79 Å². The number of urea groups is 1. The van der Waals surface area contributed by atoms with Gasteiger partial charge < -0.3 is 10.2 Å². The fraction of sp³-hybridized carbons (Fsp3) is 0.250. The van der Waals surface area contributed by atoms with Crippen LogP contribution in [0.25, 0.3) is 5.69 Å². The number of benzene rings is 1. The van der Waals surface area contributed by atoms with Gasteiger partial charge in [-0.2, -0.15) is 0 Å². The Morgan fingerprint density at radius 3 is 2.91 bits per heavy atom. The maximum Gasteiger partial charge on any atom is 0.318 e. The van der Waals surface area contributed by atoms with Crippen molar-refractivity contribution >= 4 is 6.03 Å². The van der Waals surface area contributed by atoms with E-state index in [-0.39, 0.29) is 12.1 Å². The van der Waals surface area contributed by atoms with E-state index < -0.39 is 0 Å². The number of rotatable bonds is 7. The Bertz CT molecular complexity index is 667. The summed E-state index contributed by atoms with van der Waals surface area (Å²) >= 11 is 0. The van der Waals surface area contributed by atoms with Crippen LogP contribution in [0, 0.1) is 0 Å². The lowest BCUT2D eigenvalue weighted by molar-refractivity contribution is 0.188. The predicted molar refractivity (Wildman–Crippen MR) is 88.1 cm³/mol. The van der Waals surface area contributed by atoms with Crippen LogP contribution in [0.5, 0.6) is 0 Å². The minimum Gasteiger partial charge on any atom is -0.335 e. The molecule has 7 heteroatoms. The zero-order valence-corrected chi connectivity index (χ0v) is 13.1. The third kappa shape index (κ3) is 4.03. The molecule has 0 aliphatic carbocycles. The van der Waals surface area contributed by atoms with Gasteiger partial charge in [0.15, 0.2) is 0 Å². The molecule has 2 aromatic rings. The molecule has 0 saturated carbocycles. The number of nitrogens with one attached hydrogen (secondary N) is 1. The van der Waals surface area contributed by atoms with E-state index in [9.17, 15) is 4.79 Å². The first-order valence-electron chi connectivity index (χ1n) is 7.27. The number of aromatic nitrogens is 4. The summed E-state index contributed by atoms with van der Waals surface area (Å²) < 4.78 is 1.58. The molecule has 0 spiro atoms. The molecule has 120 valence electrons. The molecule has 2 rings (SSSR count). The molecule has 0 saturated heterocycles. The normalized spacial score (nSPS) is 11.5. The van der Waals surface area contributed by atoms with E-state index in [1.165, 1.54) is 6.33 Å². The van der Waals surface area contributed by atoms with E-state index in [1.54, 1.807) is 21.7 Å². The van der Waals surface area contributed by atoms with E-state index in [4.69, 9.17) is 0 Å². The molecular formula is C16H20N6O. The molecule has 1 heterocycles. The van der Waals surface area contributed by atoms with E-state index in [0.717, 1.165) is 11.3 Å². The van der Waals surface area contributed by atoms with Gasteiger partial charge >= 0.3 is 6.03 Å². The van der Waals surface area contributed by atoms with E-state index in [2.05, 4.69) is 34.0 Å². The number of nitrogens with zero attached hydrogens (tertiary/aromatic N) is 5. The summed E-state index contributed by atoms with van der Waals surface area (Å²) in [5, 5.41) is 13.9. The summed E-state index contributed by atoms with van der Waals surface area (Å²) in [6, 6.07) is 7.45.